The highest BCUT2D eigenvalue weighted by atomic mass is 32.1. The second-order valence-corrected chi connectivity index (χ2v) is 11.6. The molecule has 186 valence electrons. The van der Waals surface area contributed by atoms with E-state index in [4.69, 9.17) is 9.47 Å². The SMILES string of the molecule is CCc1cc2c(s1)CCO[C@@]21CCN(Cc2cn(C(C)(C)C(=O)N3CCOCC3)nn2)[C@@H](C)C1. The van der Waals surface area contributed by atoms with Gasteiger partial charge in [-0.3, -0.25) is 9.69 Å². The van der Waals surface area contributed by atoms with Gasteiger partial charge in [0.15, 0.2) is 0 Å². The Hall–Kier alpha value is -1.81. The van der Waals surface area contributed by atoms with Crippen molar-refractivity contribution in [2.45, 2.75) is 77.1 Å². The molecule has 0 radical (unpaired) electrons. The average Bonchev–Trinajstić information content (AvgIpc) is 3.49. The van der Waals surface area contributed by atoms with Crippen LogP contribution in [0, 0.1) is 0 Å². The zero-order valence-corrected chi connectivity index (χ0v) is 21.7. The quantitative estimate of drug-likeness (QED) is 0.646. The number of thiophene rings is 1. The first-order chi connectivity index (χ1) is 16.3. The fourth-order valence-electron chi connectivity index (χ4n) is 5.61. The number of morpholine rings is 1. The van der Waals surface area contributed by atoms with Crippen LogP contribution in [0.5, 0.6) is 0 Å². The van der Waals surface area contributed by atoms with Gasteiger partial charge in [-0.1, -0.05) is 12.1 Å². The lowest BCUT2D eigenvalue weighted by molar-refractivity contribution is -0.144. The molecule has 34 heavy (non-hydrogen) atoms. The summed E-state index contributed by atoms with van der Waals surface area (Å²) in [5.74, 6) is 0.0630. The molecule has 2 atom stereocenters. The van der Waals surface area contributed by atoms with Crippen molar-refractivity contribution in [1.29, 1.82) is 0 Å². The van der Waals surface area contributed by atoms with E-state index in [0.717, 1.165) is 51.1 Å². The standard InChI is InChI=1S/C25H37N5O3S/c1-5-20-14-21-22(34-20)6-11-33-25(21)7-8-29(18(2)15-25)16-19-17-30(27-26-19)24(3,4)23(31)28-9-12-32-13-10-28/h14,17-18H,5-13,15-16H2,1-4H3/t18-,25+/m0/s1. The molecule has 0 unspecified atom stereocenters. The van der Waals surface area contributed by atoms with Gasteiger partial charge in [-0.2, -0.15) is 0 Å². The van der Waals surface area contributed by atoms with E-state index in [2.05, 4.69) is 35.1 Å². The maximum atomic E-state index is 13.1. The zero-order valence-electron chi connectivity index (χ0n) is 20.9. The van der Waals surface area contributed by atoms with Crippen LogP contribution in [0.4, 0.5) is 0 Å². The lowest BCUT2D eigenvalue weighted by Gasteiger charge is -2.47. The van der Waals surface area contributed by atoms with Crippen LogP contribution in [-0.2, 0) is 44.8 Å². The Morgan fingerprint density at radius 1 is 1.26 bits per heavy atom. The first-order valence-corrected chi connectivity index (χ1v) is 13.4. The van der Waals surface area contributed by atoms with Gasteiger partial charge in [0.05, 0.1) is 37.3 Å². The van der Waals surface area contributed by atoms with E-state index in [1.54, 1.807) is 4.68 Å². The topological polar surface area (TPSA) is 72.7 Å². The molecule has 2 aromatic heterocycles. The van der Waals surface area contributed by atoms with Crippen LogP contribution in [0.1, 0.15) is 61.5 Å². The number of piperidine rings is 1. The van der Waals surface area contributed by atoms with Crippen LogP contribution in [0.2, 0.25) is 0 Å². The first kappa shape index (κ1) is 23.9. The Balaban J connectivity index is 1.26. The van der Waals surface area contributed by atoms with Gasteiger partial charge in [0, 0.05) is 48.4 Å². The molecule has 0 N–H and O–H groups in total. The lowest BCUT2D eigenvalue weighted by atomic mass is 9.79. The summed E-state index contributed by atoms with van der Waals surface area (Å²) < 4.78 is 13.6. The molecule has 0 aromatic carbocycles. The Morgan fingerprint density at radius 2 is 2.06 bits per heavy atom. The number of fused-ring (bicyclic) bond motifs is 2. The van der Waals surface area contributed by atoms with Crippen molar-refractivity contribution in [3.05, 3.63) is 33.3 Å². The van der Waals surface area contributed by atoms with E-state index in [0.29, 0.717) is 32.3 Å². The molecule has 2 aromatic rings. The Morgan fingerprint density at radius 3 is 2.79 bits per heavy atom. The van der Waals surface area contributed by atoms with Gasteiger partial charge < -0.3 is 14.4 Å². The molecular weight excluding hydrogens is 450 g/mol. The lowest BCUT2D eigenvalue weighted by Crippen LogP contribution is -2.51. The number of carbonyl (C=O) groups excluding carboxylic acids is 1. The molecule has 3 aliphatic rings. The number of rotatable bonds is 5. The number of carbonyl (C=O) groups is 1. The minimum Gasteiger partial charge on any atom is -0.378 e. The fourth-order valence-corrected chi connectivity index (χ4v) is 6.79. The van der Waals surface area contributed by atoms with Gasteiger partial charge in [-0.15, -0.1) is 16.4 Å². The van der Waals surface area contributed by atoms with Crippen LogP contribution in [0.25, 0.3) is 0 Å². The number of likely N-dealkylation sites (tertiary alicyclic amines) is 1. The highest BCUT2D eigenvalue weighted by Gasteiger charge is 2.44. The van der Waals surface area contributed by atoms with Crippen molar-refractivity contribution in [1.82, 2.24) is 24.8 Å². The van der Waals surface area contributed by atoms with Crippen LogP contribution >= 0.6 is 11.3 Å². The Bertz CT molecular complexity index is 1030. The second-order valence-electron chi connectivity index (χ2n) is 10.4. The molecule has 8 nitrogen and oxygen atoms in total. The summed E-state index contributed by atoms with van der Waals surface area (Å²) in [7, 11) is 0. The highest BCUT2D eigenvalue weighted by molar-refractivity contribution is 7.12. The van der Waals surface area contributed by atoms with Crippen molar-refractivity contribution >= 4 is 17.2 Å². The third-order valence-electron chi connectivity index (χ3n) is 7.76. The largest absolute Gasteiger partial charge is 0.378 e. The van der Waals surface area contributed by atoms with Gasteiger partial charge in [0.25, 0.3) is 0 Å². The molecule has 9 heteroatoms. The molecule has 0 saturated carbocycles. The van der Waals surface area contributed by atoms with Gasteiger partial charge in [-0.05, 0) is 51.7 Å². The van der Waals surface area contributed by atoms with Crippen molar-refractivity contribution < 1.29 is 14.3 Å². The zero-order chi connectivity index (χ0) is 23.9. The van der Waals surface area contributed by atoms with Crippen molar-refractivity contribution in [3.8, 4) is 0 Å². The number of hydrogen-bond acceptors (Lipinski definition) is 7. The number of amides is 1. The van der Waals surface area contributed by atoms with Crippen LogP contribution in [-0.4, -0.2) is 76.2 Å². The van der Waals surface area contributed by atoms with Gasteiger partial charge in [-0.25, -0.2) is 4.68 Å². The molecule has 5 heterocycles. The maximum absolute atomic E-state index is 13.1. The number of aromatic nitrogens is 3. The van der Waals surface area contributed by atoms with Crippen LogP contribution in [0.15, 0.2) is 12.3 Å². The molecule has 0 aliphatic carbocycles. The van der Waals surface area contributed by atoms with E-state index >= 15 is 0 Å². The predicted molar refractivity (Wildman–Crippen MR) is 131 cm³/mol. The first-order valence-electron chi connectivity index (χ1n) is 12.6. The normalized spacial score (nSPS) is 26.1. The summed E-state index contributed by atoms with van der Waals surface area (Å²) in [5.41, 5.74) is 1.43. The molecule has 1 amide bonds. The summed E-state index contributed by atoms with van der Waals surface area (Å²) in [5, 5.41) is 8.80. The number of hydrogen-bond donors (Lipinski definition) is 0. The van der Waals surface area contributed by atoms with Gasteiger partial charge >= 0.3 is 0 Å². The summed E-state index contributed by atoms with van der Waals surface area (Å²) in [6.07, 6.45) is 6.07. The third-order valence-corrected chi connectivity index (χ3v) is 9.10. The molecule has 1 spiro atoms. The van der Waals surface area contributed by atoms with E-state index < -0.39 is 5.54 Å². The van der Waals surface area contributed by atoms with Crippen LogP contribution < -0.4 is 0 Å². The van der Waals surface area contributed by atoms with Crippen LogP contribution in [0.3, 0.4) is 0 Å². The smallest absolute Gasteiger partial charge is 0.250 e. The van der Waals surface area contributed by atoms with Crippen molar-refractivity contribution in [2.75, 3.05) is 39.5 Å². The summed E-state index contributed by atoms with van der Waals surface area (Å²) >= 11 is 1.97. The van der Waals surface area contributed by atoms with E-state index in [9.17, 15) is 4.79 Å². The average molecular weight is 488 g/mol. The minimum absolute atomic E-state index is 0.0630. The molecular formula is C25H37N5O3S. The number of aryl methyl sites for hydroxylation is 1. The summed E-state index contributed by atoms with van der Waals surface area (Å²) in [6, 6.07) is 2.78. The summed E-state index contributed by atoms with van der Waals surface area (Å²) in [6.45, 7) is 13.3. The second kappa shape index (κ2) is 9.33. The minimum atomic E-state index is -0.775. The third kappa shape index (κ3) is 4.32. The van der Waals surface area contributed by atoms with Crippen molar-refractivity contribution in [3.63, 3.8) is 0 Å². The summed E-state index contributed by atoms with van der Waals surface area (Å²) in [4.78, 5) is 20.5. The Labute approximate surface area is 206 Å². The monoisotopic (exact) mass is 487 g/mol. The van der Waals surface area contributed by atoms with Gasteiger partial charge in [0.1, 0.15) is 5.54 Å². The fraction of sp³-hybridized carbons (Fsp3) is 0.720. The van der Waals surface area contributed by atoms with E-state index in [1.165, 1.54) is 15.3 Å². The molecule has 5 rings (SSSR count). The molecule has 3 aliphatic heterocycles. The van der Waals surface area contributed by atoms with E-state index in [-0.39, 0.29) is 11.5 Å². The highest BCUT2D eigenvalue weighted by Crippen LogP contribution is 2.46. The predicted octanol–water partition coefficient (Wildman–Crippen LogP) is 2.95. The molecule has 2 fully saturated rings. The van der Waals surface area contributed by atoms with Gasteiger partial charge in [0.2, 0.25) is 5.91 Å². The maximum Gasteiger partial charge on any atom is 0.250 e. The molecule has 2 saturated heterocycles. The van der Waals surface area contributed by atoms with E-state index in [1.807, 2.05) is 36.3 Å². The molecule has 0 bridgehead atoms. The number of ether oxygens (including phenoxy) is 2. The number of nitrogens with zero attached hydrogens (tertiary/aromatic N) is 5. The Kier molecular flexibility index (Phi) is 6.56. The van der Waals surface area contributed by atoms with Crippen molar-refractivity contribution in [2.24, 2.45) is 0 Å².